The average molecular weight is 411 g/mol. The predicted octanol–water partition coefficient (Wildman–Crippen LogP) is 0.961. The van der Waals surface area contributed by atoms with Crippen LogP contribution in [0.1, 0.15) is 43.0 Å². The van der Waals surface area contributed by atoms with E-state index in [9.17, 15) is 4.79 Å². The number of anilines is 1. The van der Waals surface area contributed by atoms with Crippen molar-refractivity contribution >= 4 is 17.4 Å². The second-order valence-electron chi connectivity index (χ2n) is 8.70. The molecule has 2 fully saturated rings. The summed E-state index contributed by atoms with van der Waals surface area (Å²) in [6.07, 6.45) is 9.82. The zero-order valence-electron chi connectivity index (χ0n) is 17.7. The van der Waals surface area contributed by atoms with Gasteiger partial charge in [0.2, 0.25) is 5.91 Å². The van der Waals surface area contributed by atoms with Crippen molar-refractivity contribution in [1.82, 2.24) is 29.9 Å². The van der Waals surface area contributed by atoms with Crippen molar-refractivity contribution in [3.8, 4) is 0 Å². The standard InChI is InChI=1S/C21H30N8O/c1-14-12-29-19(24-20(14)27-10-7-15(22)13-27)11-16(25-29)17-5-3-4-9-28(17)21(30)18-6-8-23-26(18)2/h6,8,11-12,15,17-18,23H,3-5,7,9-10,13,22H2,1-2H3/t15-,17-,18?/m0/s1. The van der Waals surface area contributed by atoms with Crippen LogP contribution in [0.15, 0.2) is 24.5 Å². The van der Waals surface area contributed by atoms with Crippen LogP contribution < -0.4 is 16.1 Å². The van der Waals surface area contributed by atoms with Gasteiger partial charge in [-0.05, 0) is 38.7 Å². The van der Waals surface area contributed by atoms with Crippen molar-refractivity contribution in [3.63, 3.8) is 0 Å². The second kappa shape index (κ2) is 7.55. The van der Waals surface area contributed by atoms with Crippen LogP contribution in [0, 0.1) is 6.92 Å². The number of likely N-dealkylation sites (tertiary alicyclic amines) is 1. The van der Waals surface area contributed by atoms with Gasteiger partial charge in [0.25, 0.3) is 0 Å². The van der Waals surface area contributed by atoms with Gasteiger partial charge in [-0.3, -0.25) is 4.79 Å². The fourth-order valence-electron chi connectivity index (χ4n) is 4.86. The van der Waals surface area contributed by atoms with E-state index in [4.69, 9.17) is 15.8 Å². The molecular weight excluding hydrogens is 380 g/mol. The predicted molar refractivity (Wildman–Crippen MR) is 115 cm³/mol. The number of carbonyl (C=O) groups is 1. The minimum Gasteiger partial charge on any atom is -0.355 e. The first-order chi connectivity index (χ1) is 14.5. The van der Waals surface area contributed by atoms with Crippen LogP contribution in [0.2, 0.25) is 0 Å². The highest BCUT2D eigenvalue weighted by molar-refractivity contribution is 5.84. The first kappa shape index (κ1) is 19.3. The van der Waals surface area contributed by atoms with Gasteiger partial charge in [-0.15, -0.1) is 0 Å². The Labute approximate surface area is 176 Å². The Morgan fingerprint density at radius 1 is 1.27 bits per heavy atom. The minimum absolute atomic E-state index is 0.0145. The maximum atomic E-state index is 13.2. The third kappa shape index (κ3) is 3.31. The van der Waals surface area contributed by atoms with Crippen molar-refractivity contribution in [2.24, 2.45) is 5.73 Å². The zero-order valence-corrected chi connectivity index (χ0v) is 17.7. The zero-order chi connectivity index (χ0) is 20.8. The number of nitrogens with one attached hydrogen (secondary N) is 1. The number of hydrogen-bond donors (Lipinski definition) is 2. The number of rotatable bonds is 3. The molecule has 3 atom stereocenters. The normalized spacial score (nSPS) is 27.2. The highest BCUT2D eigenvalue weighted by Gasteiger charge is 2.35. The lowest BCUT2D eigenvalue weighted by Crippen LogP contribution is -2.49. The highest BCUT2D eigenvalue weighted by atomic mass is 16.2. The molecular formula is C21H30N8O. The topological polar surface area (TPSA) is 95.0 Å². The van der Waals surface area contributed by atoms with Crippen LogP contribution in [0.3, 0.4) is 0 Å². The van der Waals surface area contributed by atoms with Crippen LogP contribution in [0.4, 0.5) is 5.82 Å². The Hall–Kier alpha value is -2.65. The third-order valence-electron chi connectivity index (χ3n) is 6.50. The fourth-order valence-corrected chi connectivity index (χ4v) is 4.86. The Morgan fingerprint density at radius 2 is 2.13 bits per heavy atom. The number of hydrazine groups is 1. The number of hydrogen-bond acceptors (Lipinski definition) is 7. The van der Waals surface area contributed by atoms with Crippen molar-refractivity contribution in [2.75, 3.05) is 31.6 Å². The fraction of sp³-hybridized carbons (Fsp3) is 0.571. The van der Waals surface area contributed by atoms with E-state index in [2.05, 4.69) is 17.2 Å². The number of amides is 1. The summed E-state index contributed by atoms with van der Waals surface area (Å²) < 4.78 is 1.85. The summed E-state index contributed by atoms with van der Waals surface area (Å²) in [5.74, 6) is 1.11. The van der Waals surface area contributed by atoms with Gasteiger partial charge in [-0.1, -0.05) is 0 Å². The molecule has 0 aromatic carbocycles. The molecule has 3 N–H and O–H groups in total. The first-order valence-corrected chi connectivity index (χ1v) is 10.8. The summed E-state index contributed by atoms with van der Waals surface area (Å²) in [6, 6.07) is 1.97. The molecule has 0 bridgehead atoms. The first-order valence-electron chi connectivity index (χ1n) is 10.8. The van der Waals surface area contributed by atoms with Gasteiger partial charge < -0.3 is 21.0 Å². The van der Waals surface area contributed by atoms with E-state index >= 15 is 0 Å². The summed E-state index contributed by atoms with van der Waals surface area (Å²) in [4.78, 5) is 22.4. The van der Waals surface area contributed by atoms with Crippen LogP contribution in [0.5, 0.6) is 0 Å². The molecule has 3 aliphatic rings. The van der Waals surface area contributed by atoms with Crippen molar-refractivity contribution < 1.29 is 4.79 Å². The number of carbonyl (C=O) groups excluding carboxylic acids is 1. The van der Waals surface area contributed by atoms with Crippen molar-refractivity contribution in [1.29, 1.82) is 0 Å². The smallest absolute Gasteiger partial charge is 0.246 e. The second-order valence-corrected chi connectivity index (χ2v) is 8.70. The Morgan fingerprint density at radius 3 is 2.87 bits per heavy atom. The molecule has 9 nitrogen and oxygen atoms in total. The SMILES string of the molecule is Cc1cn2nc([C@@H]3CCCCN3C(=O)C3C=CNN3C)cc2nc1N1CC[C@H](N)C1. The number of likely N-dealkylation sites (N-methyl/N-ethyl adjacent to an activating group) is 1. The molecule has 2 aromatic heterocycles. The summed E-state index contributed by atoms with van der Waals surface area (Å²) in [7, 11) is 1.89. The molecule has 2 saturated heterocycles. The number of aryl methyl sites for hydroxylation is 1. The molecule has 0 radical (unpaired) electrons. The minimum atomic E-state index is -0.269. The van der Waals surface area contributed by atoms with Gasteiger partial charge in [-0.25, -0.2) is 14.5 Å². The number of fused-ring (bicyclic) bond motifs is 1. The molecule has 1 amide bonds. The Kier molecular flexibility index (Phi) is 4.86. The molecule has 5 rings (SSSR count). The monoisotopic (exact) mass is 410 g/mol. The van der Waals surface area contributed by atoms with Crippen LogP contribution >= 0.6 is 0 Å². The van der Waals surface area contributed by atoms with Crippen LogP contribution in [-0.4, -0.2) is 69.2 Å². The third-order valence-corrected chi connectivity index (χ3v) is 6.50. The maximum absolute atomic E-state index is 13.2. The average Bonchev–Trinajstić information content (AvgIpc) is 3.46. The van der Waals surface area contributed by atoms with Crippen LogP contribution in [-0.2, 0) is 4.79 Å². The quantitative estimate of drug-likeness (QED) is 0.778. The van der Waals surface area contributed by atoms with Gasteiger partial charge in [0, 0.05) is 56.8 Å². The Bertz CT molecular complexity index is 985. The van der Waals surface area contributed by atoms with Crippen molar-refractivity contribution in [2.45, 2.75) is 50.7 Å². The lowest BCUT2D eigenvalue weighted by atomic mass is 9.98. The van der Waals surface area contributed by atoms with Gasteiger partial charge in [-0.2, -0.15) is 5.10 Å². The number of aromatic nitrogens is 3. The summed E-state index contributed by atoms with van der Waals surface area (Å²) in [5, 5.41) is 6.67. The molecule has 0 spiro atoms. The number of nitrogens with two attached hydrogens (primary N) is 1. The van der Waals surface area contributed by atoms with Gasteiger partial charge in [0.15, 0.2) is 5.65 Å². The molecule has 2 aromatic rings. The summed E-state index contributed by atoms with van der Waals surface area (Å²) in [6.45, 7) is 4.61. The molecule has 5 heterocycles. The molecule has 0 aliphatic carbocycles. The lowest BCUT2D eigenvalue weighted by Gasteiger charge is -2.37. The lowest BCUT2D eigenvalue weighted by molar-refractivity contribution is -0.139. The molecule has 1 unspecified atom stereocenters. The largest absolute Gasteiger partial charge is 0.355 e. The number of nitrogens with zero attached hydrogens (tertiary/aromatic N) is 6. The van der Waals surface area contributed by atoms with E-state index in [1.54, 1.807) is 0 Å². The van der Waals surface area contributed by atoms with E-state index in [-0.39, 0.29) is 24.0 Å². The summed E-state index contributed by atoms with van der Waals surface area (Å²) in [5.41, 5.74) is 12.0. The van der Waals surface area contributed by atoms with E-state index in [0.717, 1.165) is 68.0 Å². The van der Waals surface area contributed by atoms with Crippen LogP contribution in [0.25, 0.3) is 5.65 Å². The van der Waals surface area contributed by atoms with E-state index < -0.39 is 0 Å². The van der Waals surface area contributed by atoms with Gasteiger partial charge in [0.1, 0.15) is 11.9 Å². The van der Waals surface area contributed by atoms with Gasteiger partial charge >= 0.3 is 0 Å². The molecule has 9 heteroatoms. The van der Waals surface area contributed by atoms with E-state index in [1.807, 2.05) is 46.0 Å². The Balaban J connectivity index is 1.45. The van der Waals surface area contributed by atoms with E-state index in [0.29, 0.717) is 0 Å². The molecule has 0 saturated carbocycles. The number of piperidine rings is 1. The van der Waals surface area contributed by atoms with E-state index in [1.165, 1.54) is 0 Å². The molecule has 30 heavy (non-hydrogen) atoms. The highest BCUT2D eigenvalue weighted by Crippen LogP contribution is 2.32. The summed E-state index contributed by atoms with van der Waals surface area (Å²) >= 11 is 0. The molecule has 3 aliphatic heterocycles. The maximum Gasteiger partial charge on any atom is 0.246 e. The molecule has 160 valence electrons. The van der Waals surface area contributed by atoms with Gasteiger partial charge in [0.05, 0.1) is 11.7 Å². The van der Waals surface area contributed by atoms with Crippen molar-refractivity contribution in [3.05, 3.63) is 35.8 Å².